The lowest BCUT2D eigenvalue weighted by atomic mass is 9.85. The van der Waals surface area contributed by atoms with Crippen LogP contribution >= 0.6 is 0 Å². The predicted octanol–water partition coefficient (Wildman–Crippen LogP) is 4.02. The summed E-state index contributed by atoms with van der Waals surface area (Å²) in [5.41, 5.74) is 7.72. The Kier molecular flexibility index (Phi) is 3.94. The van der Waals surface area contributed by atoms with Crippen molar-refractivity contribution < 1.29 is 14.7 Å². The van der Waals surface area contributed by atoms with Gasteiger partial charge >= 0.3 is 5.97 Å². The minimum atomic E-state index is -0.765. The van der Waals surface area contributed by atoms with Gasteiger partial charge in [-0.15, -0.1) is 0 Å². The smallest absolute Gasteiger partial charge is 0.303 e. The molecule has 2 heterocycles. The summed E-state index contributed by atoms with van der Waals surface area (Å²) in [6.07, 6.45) is 4.86. The largest absolute Gasteiger partial charge is 0.481 e. The molecule has 0 fully saturated rings. The van der Waals surface area contributed by atoms with E-state index in [1.54, 1.807) is 0 Å². The Bertz CT molecular complexity index is 952. The predicted molar refractivity (Wildman–Crippen MR) is 101 cm³/mol. The molecule has 134 valence electrons. The number of carbonyl (C=O) groups is 2. The molecule has 3 N–H and O–H groups in total. The lowest BCUT2D eigenvalue weighted by Gasteiger charge is -2.20. The SMILES string of the molecule is Cc1cc(C)c2c(c1)NC(=O)C2=Cc1cc2c([nH]1)CCCC2CC(=O)O. The Hall–Kier alpha value is -2.82. The molecule has 1 unspecified atom stereocenters. The number of carboxylic acids is 1. The van der Waals surface area contributed by atoms with Gasteiger partial charge in [0.2, 0.25) is 0 Å². The second kappa shape index (κ2) is 6.16. The Morgan fingerprint density at radius 2 is 2.12 bits per heavy atom. The van der Waals surface area contributed by atoms with Gasteiger partial charge in [0.05, 0.1) is 12.0 Å². The number of carboxylic acid groups (broad SMARTS) is 1. The molecule has 0 bridgehead atoms. The van der Waals surface area contributed by atoms with Gasteiger partial charge in [-0.05, 0) is 73.9 Å². The number of aryl methyl sites for hydroxylation is 3. The number of amides is 1. The molecular formula is C21H22N2O3. The molecule has 0 saturated heterocycles. The van der Waals surface area contributed by atoms with E-state index in [9.17, 15) is 9.59 Å². The first kappa shape index (κ1) is 16.6. The number of nitrogens with one attached hydrogen (secondary N) is 2. The summed E-state index contributed by atoms with van der Waals surface area (Å²) in [5.74, 6) is -0.809. The van der Waals surface area contributed by atoms with Gasteiger partial charge in [0.15, 0.2) is 0 Å². The lowest BCUT2D eigenvalue weighted by molar-refractivity contribution is -0.137. The van der Waals surface area contributed by atoms with E-state index in [0.717, 1.165) is 58.6 Å². The van der Waals surface area contributed by atoms with Crippen molar-refractivity contribution in [3.05, 3.63) is 51.8 Å². The number of rotatable bonds is 3. The van der Waals surface area contributed by atoms with Crippen molar-refractivity contribution in [1.82, 2.24) is 4.98 Å². The Labute approximate surface area is 152 Å². The molecule has 1 amide bonds. The van der Waals surface area contributed by atoms with E-state index in [1.807, 2.05) is 32.1 Å². The lowest BCUT2D eigenvalue weighted by Crippen LogP contribution is -2.12. The van der Waals surface area contributed by atoms with Crippen molar-refractivity contribution in [2.24, 2.45) is 0 Å². The van der Waals surface area contributed by atoms with Crippen LogP contribution in [0.5, 0.6) is 0 Å². The zero-order chi connectivity index (χ0) is 18.4. The Morgan fingerprint density at radius 3 is 2.88 bits per heavy atom. The third-order valence-corrected chi connectivity index (χ3v) is 5.34. The van der Waals surface area contributed by atoms with Gasteiger partial charge in [0.1, 0.15) is 0 Å². The van der Waals surface area contributed by atoms with Gasteiger partial charge < -0.3 is 15.4 Å². The second-order valence-electron chi connectivity index (χ2n) is 7.36. The molecular weight excluding hydrogens is 328 g/mol. The molecule has 1 aliphatic heterocycles. The monoisotopic (exact) mass is 350 g/mol. The normalized spacial score (nSPS) is 20.0. The quantitative estimate of drug-likeness (QED) is 0.731. The Balaban J connectivity index is 1.74. The van der Waals surface area contributed by atoms with E-state index < -0.39 is 5.97 Å². The number of anilines is 1. The van der Waals surface area contributed by atoms with E-state index in [2.05, 4.69) is 16.4 Å². The van der Waals surface area contributed by atoms with Crippen LogP contribution in [0.25, 0.3) is 11.6 Å². The summed E-state index contributed by atoms with van der Waals surface area (Å²) in [4.78, 5) is 27.0. The van der Waals surface area contributed by atoms with Crippen LogP contribution < -0.4 is 5.32 Å². The van der Waals surface area contributed by atoms with E-state index in [4.69, 9.17) is 5.11 Å². The zero-order valence-corrected chi connectivity index (χ0v) is 15.0. The van der Waals surface area contributed by atoms with Gasteiger partial charge in [-0.3, -0.25) is 9.59 Å². The zero-order valence-electron chi connectivity index (χ0n) is 15.0. The average Bonchev–Trinajstić information content (AvgIpc) is 3.09. The van der Waals surface area contributed by atoms with Crippen LogP contribution in [0, 0.1) is 13.8 Å². The molecule has 1 aromatic carbocycles. The highest BCUT2D eigenvalue weighted by molar-refractivity contribution is 6.35. The van der Waals surface area contributed by atoms with Crippen molar-refractivity contribution in [1.29, 1.82) is 0 Å². The van der Waals surface area contributed by atoms with Crippen molar-refractivity contribution in [2.45, 2.75) is 45.4 Å². The molecule has 0 saturated carbocycles. The molecule has 0 spiro atoms. The number of fused-ring (bicyclic) bond motifs is 2. The summed E-state index contributed by atoms with van der Waals surface area (Å²) in [5, 5.41) is 12.1. The topological polar surface area (TPSA) is 82.2 Å². The second-order valence-corrected chi connectivity index (χ2v) is 7.36. The summed E-state index contributed by atoms with van der Waals surface area (Å²) in [6, 6.07) is 6.09. The first-order chi connectivity index (χ1) is 12.4. The van der Waals surface area contributed by atoms with Gasteiger partial charge in [-0.2, -0.15) is 0 Å². The van der Waals surface area contributed by atoms with Crippen molar-refractivity contribution in [3.8, 4) is 0 Å². The van der Waals surface area contributed by atoms with Crippen molar-refractivity contribution >= 4 is 29.2 Å². The van der Waals surface area contributed by atoms with Crippen LogP contribution in [-0.4, -0.2) is 22.0 Å². The number of aromatic amines is 1. The molecule has 1 atom stereocenters. The third kappa shape index (κ3) is 2.83. The molecule has 0 radical (unpaired) electrons. The van der Waals surface area contributed by atoms with Crippen molar-refractivity contribution in [3.63, 3.8) is 0 Å². The van der Waals surface area contributed by atoms with E-state index in [-0.39, 0.29) is 18.2 Å². The Morgan fingerprint density at radius 1 is 1.31 bits per heavy atom. The maximum Gasteiger partial charge on any atom is 0.303 e. The van der Waals surface area contributed by atoms with Gasteiger partial charge in [-0.25, -0.2) is 0 Å². The highest BCUT2D eigenvalue weighted by Gasteiger charge is 2.28. The van der Waals surface area contributed by atoms with E-state index in [0.29, 0.717) is 5.57 Å². The molecule has 1 aromatic heterocycles. The fourth-order valence-electron chi connectivity index (χ4n) is 4.31. The number of benzene rings is 1. The number of aliphatic carboxylic acids is 1. The number of carbonyl (C=O) groups excluding carboxylic acids is 1. The maximum absolute atomic E-state index is 12.5. The maximum atomic E-state index is 12.5. The van der Waals surface area contributed by atoms with Gasteiger partial charge in [0, 0.05) is 22.6 Å². The third-order valence-electron chi connectivity index (χ3n) is 5.34. The summed E-state index contributed by atoms with van der Waals surface area (Å²) in [7, 11) is 0. The first-order valence-corrected chi connectivity index (χ1v) is 9.00. The molecule has 5 nitrogen and oxygen atoms in total. The number of hydrogen-bond acceptors (Lipinski definition) is 2. The van der Waals surface area contributed by atoms with E-state index >= 15 is 0 Å². The summed E-state index contributed by atoms with van der Waals surface area (Å²) in [6.45, 7) is 4.03. The summed E-state index contributed by atoms with van der Waals surface area (Å²) < 4.78 is 0. The minimum absolute atomic E-state index is 0.0497. The minimum Gasteiger partial charge on any atom is -0.481 e. The van der Waals surface area contributed by atoms with E-state index in [1.165, 1.54) is 0 Å². The number of hydrogen-bond donors (Lipinski definition) is 3. The molecule has 4 rings (SSSR count). The molecule has 2 aliphatic rings. The molecule has 1 aliphatic carbocycles. The van der Waals surface area contributed by atoms with Crippen LogP contribution in [0.2, 0.25) is 0 Å². The van der Waals surface area contributed by atoms with Crippen LogP contribution in [0.15, 0.2) is 18.2 Å². The number of H-pyrrole nitrogens is 1. The fraction of sp³-hybridized carbons (Fsp3) is 0.333. The molecule has 5 heteroatoms. The first-order valence-electron chi connectivity index (χ1n) is 9.00. The van der Waals surface area contributed by atoms with Crippen molar-refractivity contribution in [2.75, 3.05) is 5.32 Å². The number of aromatic nitrogens is 1. The average molecular weight is 350 g/mol. The standard InChI is InChI=1S/C21H22N2O3/c1-11-6-12(2)20-16(21(26)23-18(20)7-11)10-14-9-15-13(8-19(24)25)4-3-5-17(15)22-14/h6-7,9-10,13,22H,3-5,8H2,1-2H3,(H,23,26)(H,24,25). The fourth-order valence-corrected chi connectivity index (χ4v) is 4.31. The van der Waals surface area contributed by atoms with Crippen LogP contribution in [0.3, 0.4) is 0 Å². The summed E-state index contributed by atoms with van der Waals surface area (Å²) >= 11 is 0. The highest BCUT2D eigenvalue weighted by Crippen LogP contribution is 2.38. The molecule has 2 aromatic rings. The van der Waals surface area contributed by atoms with Crippen LogP contribution in [-0.2, 0) is 16.0 Å². The van der Waals surface area contributed by atoms with Gasteiger partial charge in [-0.1, -0.05) is 6.07 Å². The molecule has 26 heavy (non-hydrogen) atoms. The van der Waals surface area contributed by atoms with Crippen LogP contribution in [0.1, 0.15) is 58.8 Å². The highest BCUT2D eigenvalue weighted by atomic mass is 16.4. The van der Waals surface area contributed by atoms with Gasteiger partial charge in [0.25, 0.3) is 5.91 Å². The van der Waals surface area contributed by atoms with Crippen LogP contribution in [0.4, 0.5) is 5.69 Å².